The van der Waals surface area contributed by atoms with E-state index < -0.39 is 0 Å². The Hall–Kier alpha value is -2.53. The van der Waals surface area contributed by atoms with Crippen LogP contribution >= 0.6 is 11.3 Å². The molecule has 1 N–H and O–H groups in total. The Kier molecular flexibility index (Phi) is 4.48. The van der Waals surface area contributed by atoms with E-state index >= 15 is 0 Å². The Morgan fingerprint density at radius 2 is 2.00 bits per heavy atom. The number of aromatic nitrogens is 1. The van der Waals surface area contributed by atoms with Gasteiger partial charge in [-0.1, -0.05) is 36.4 Å². The van der Waals surface area contributed by atoms with Crippen molar-refractivity contribution in [3.8, 4) is 10.6 Å². The van der Waals surface area contributed by atoms with Crippen LogP contribution in [0.2, 0.25) is 0 Å². The summed E-state index contributed by atoms with van der Waals surface area (Å²) in [5.74, 6) is -0.575. The minimum atomic E-state index is -0.370. The molecule has 0 unspecified atom stereocenters. The molecule has 0 saturated carbocycles. The van der Waals surface area contributed by atoms with Crippen LogP contribution in [0.3, 0.4) is 0 Å². The number of hydrogen-bond acceptors (Lipinski definition) is 3. The Labute approximate surface area is 137 Å². The van der Waals surface area contributed by atoms with E-state index in [2.05, 4.69) is 10.3 Å². The van der Waals surface area contributed by atoms with Crippen LogP contribution in [-0.2, 0) is 11.2 Å². The van der Waals surface area contributed by atoms with Gasteiger partial charge in [0.2, 0.25) is 5.91 Å². The highest BCUT2D eigenvalue weighted by Crippen LogP contribution is 2.23. The number of aryl methyl sites for hydroxylation is 1. The highest BCUT2D eigenvalue weighted by molar-refractivity contribution is 7.13. The largest absolute Gasteiger partial charge is 0.325 e. The van der Waals surface area contributed by atoms with Crippen molar-refractivity contribution in [2.75, 3.05) is 5.32 Å². The first-order valence-corrected chi connectivity index (χ1v) is 8.05. The summed E-state index contributed by atoms with van der Waals surface area (Å²) in [5, 5.41) is 5.49. The van der Waals surface area contributed by atoms with Gasteiger partial charge in [-0.3, -0.25) is 4.79 Å². The minimum absolute atomic E-state index is 0.166. The summed E-state index contributed by atoms with van der Waals surface area (Å²) in [6.45, 7) is 1.82. The Morgan fingerprint density at radius 1 is 1.22 bits per heavy atom. The molecular weight excluding hydrogens is 311 g/mol. The summed E-state index contributed by atoms with van der Waals surface area (Å²) in [6.07, 6.45) is 0.166. The molecule has 1 heterocycles. The standard InChI is InChI=1S/C18H15FN2OS/c1-12-7-8-14(19)9-16(12)21-17(22)10-15-11-23-18(20-15)13-5-3-2-4-6-13/h2-9,11H,10H2,1H3,(H,21,22). The summed E-state index contributed by atoms with van der Waals surface area (Å²) in [6, 6.07) is 14.2. The fourth-order valence-corrected chi connectivity index (χ4v) is 3.02. The number of rotatable bonds is 4. The van der Waals surface area contributed by atoms with Crippen LogP contribution in [0, 0.1) is 12.7 Å². The molecule has 0 aliphatic carbocycles. The van der Waals surface area contributed by atoms with Crippen molar-refractivity contribution in [1.29, 1.82) is 0 Å². The first-order valence-electron chi connectivity index (χ1n) is 7.17. The normalized spacial score (nSPS) is 10.5. The lowest BCUT2D eigenvalue weighted by Gasteiger charge is -2.07. The van der Waals surface area contributed by atoms with Crippen molar-refractivity contribution >= 4 is 22.9 Å². The number of carbonyl (C=O) groups is 1. The maximum Gasteiger partial charge on any atom is 0.230 e. The molecule has 2 aromatic carbocycles. The van der Waals surface area contributed by atoms with Crippen LogP contribution in [0.15, 0.2) is 53.9 Å². The van der Waals surface area contributed by atoms with Gasteiger partial charge in [-0.2, -0.15) is 0 Å². The van der Waals surface area contributed by atoms with Crippen molar-refractivity contribution in [3.63, 3.8) is 0 Å². The lowest BCUT2D eigenvalue weighted by atomic mass is 10.2. The van der Waals surface area contributed by atoms with E-state index in [9.17, 15) is 9.18 Å². The van der Waals surface area contributed by atoms with Crippen molar-refractivity contribution < 1.29 is 9.18 Å². The summed E-state index contributed by atoms with van der Waals surface area (Å²) >= 11 is 1.51. The molecule has 0 spiro atoms. The smallest absolute Gasteiger partial charge is 0.230 e. The zero-order valence-electron chi connectivity index (χ0n) is 12.5. The Balaban J connectivity index is 1.69. The summed E-state index contributed by atoms with van der Waals surface area (Å²) in [4.78, 5) is 16.6. The molecule has 1 aromatic heterocycles. The predicted octanol–water partition coefficient (Wildman–Crippen LogP) is 4.44. The van der Waals surface area contributed by atoms with Crippen molar-refractivity contribution in [2.45, 2.75) is 13.3 Å². The van der Waals surface area contributed by atoms with Gasteiger partial charge in [0.05, 0.1) is 12.1 Å². The molecule has 116 valence electrons. The molecule has 0 radical (unpaired) electrons. The molecule has 0 atom stereocenters. The third kappa shape index (κ3) is 3.81. The van der Waals surface area contributed by atoms with E-state index in [1.807, 2.05) is 42.6 Å². The fourth-order valence-electron chi connectivity index (χ4n) is 2.19. The Bertz CT molecular complexity index is 830. The summed E-state index contributed by atoms with van der Waals surface area (Å²) in [5.41, 5.74) is 3.06. The molecule has 0 bridgehead atoms. The number of hydrogen-bond donors (Lipinski definition) is 1. The lowest BCUT2D eigenvalue weighted by Crippen LogP contribution is -2.15. The number of thiazole rings is 1. The molecule has 0 fully saturated rings. The summed E-state index contributed by atoms with van der Waals surface area (Å²) < 4.78 is 13.3. The third-order valence-corrected chi connectivity index (χ3v) is 4.33. The zero-order valence-corrected chi connectivity index (χ0v) is 13.4. The van der Waals surface area contributed by atoms with Gasteiger partial charge in [-0.25, -0.2) is 9.37 Å². The molecule has 0 aliphatic rings. The second-order valence-electron chi connectivity index (χ2n) is 5.19. The quantitative estimate of drug-likeness (QED) is 0.770. The fraction of sp³-hybridized carbons (Fsp3) is 0.111. The van der Waals surface area contributed by atoms with Gasteiger partial charge < -0.3 is 5.32 Å². The van der Waals surface area contributed by atoms with Crippen LogP contribution in [-0.4, -0.2) is 10.9 Å². The maximum atomic E-state index is 13.3. The van der Waals surface area contributed by atoms with Gasteiger partial charge >= 0.3 is 0 Å². The van der Waals surface area contributed by atoms with Crippen LogP contribution < -0.4 is 5.32 Å². The maximum absolute atomic E-state index is 13.3. The van der Waals surface area contributed by atoms with Crippen LogP contribution in [0.25, 0.3) is 10.6 Å². The molecule has 1 amide bonds. The van der Waals surface area contributed by atoms with Crippen molar-refractivity contribution in [2.24, 2.45) is 0 Å². The highest BCUT2D eigenvalue weighted by Gasteiger charge is 2.10. The van der Waals surface area contributed by atoms with Gasteiger partial charge in [-0.05, 0) is 24.6 Å². The lowest BCUT2D eigenvalue weighted by molar-refractivity contribution is -0.115. The van der Waals surface area contributed by atoms with E-state index in [4.69, 9.17) is 0 Å². The molecule has 3 rings (SSSR count). The second kappa shape index (κ2) is 6.71. The van der Waals surface area contributed by atoms with Crippen molar-refractivity contribution in [3.05, 3.63) is 71.0 Å². The van der Waals surface area contributed by atoms with E-state index in [0.29, 0.717) is 11.4 Å². The van der Waals surface area contributed by atoms with E-state index in [1.165, 1.54) is 23.5 Å². The highest BCUT2D eigenvalue weighted by atomic mass is 32.1. The molecular formula is C18H15FN2OS. The zero-order chi connectivity index (χ0) is 16.2. The number of benzene rings is 2. The van der Waals surface area contributed by atoms with Crippen LogP contribution in [0.4, 0.5) is 10.1 Å². The number of nitrogens with one attached hydrogen (secondary N) is 1. The molecule has 0 aliphatic heterocycles. The number of halogens is 1. The minimum Gasteiger partial charge on any atom is -0.325 e. The molecule has 0 saturated heterocycles. The van der Waals surface area contributed by atoms with Crippen LogP contribution in [0.1, 0.15) is 11.3 Å². The van der Waals surface area contributed by atoms with E-state index in [-0.39, 0.29) is 18.1 Å². The first-order chi connectivity index (χ1) is 11.1. The van der Waals surface area contributed by atoms with Gasteiger partial charge in [-0.15, -0.1) is 11.3 Å². The molecule has 23 heavy (non-hydrogen) atoms. The average Bonchev–Trinajstić information content (AvgIpc) is 3.00. The second-order valence-corrected chi connectivity index (χ2v) is 6.05. The van der Waals surface area contributed by atoms with E-state index in [0.717, 1.165) is 16.1 Å². The number of carbonyl (C=O) groups excluding carboxylic acids is 1. The average molecular weight is 326 g/mol. The Morgan fingerprint density at radius 3 is 2.78 bits per heavy atom. The number of nitrogens with zero attached hydrogens (tertiary/aromatic N) is 1. The van der Waals surface area contributed by atoms with E-state index in [1.54, 1.807) is 6.07 Å². The van der Waals surface area contributed by atoms with Crippen LogP contribution in [0.5, 0.6) is 0 Å². The predicted molar refractivity (Wildman–Crippen MR) is 91.0 cm³/mol. The van der Waals surface area contributed by atoms with Gasteiger partial charge in [0.1, 0.15) is 10.8 Å². The van der Waals surface area contributed by atoms with Gasteiger partial charge in [0, 0.05) is 16.6 Å². The molecule has 5 heteroatoms. The topological polar surface area (TPSA) is 42.0 Å². The van der Waals surface area contributed by atoms with Gasteiger partial charge in [0.25, 0.3) is 0 Å². The van der Waals surface area contributed by atoms with Gasteiger partial charge in [0.15, 0.2) is 0 Å². The monoisotopic (exact) mass is 326 g/mol. The van der Waals surface area contributed by atoms with Crippen molar-refractivity contribution in [1.82, 2.24) is 4.98 Å². The SMILES string of the molecule is Cc1ccc(F)cc1NC(=O)Cc1csc(-c2ccccc2)n1. The third-order valence-electron chi connectivity index (χ3n) is 3.39. The molecule has 3 nitrogen and oxygen atoms in total. The first kappa shape index (κ1) is 15.4. The number of anilines is 1. The molecule has 3 aromatic rings. The number of amides is 1. The summed E-state index contributed by atoms with van der Waals surface area (Å²) in [7, 11) is 0.